The van der Waals surface area contributed by atoms with Gasteiger partial charge in [0.2, 0.25) is 11.8 Å². The van der Waals surface area contributed by atoms with Crippen molar-refractivity contribution in [1.82, 2.24) is 5.43 Å². The minimum absolute atomic E-state index is 0.264. The van der Waals surface area contributed by atoms with E-state index in [-0.39, 0.29) is 6.61 Å². The van der Waals surface area contributed by atoms with Crippen LogP contribution in [0.25, 0.3) is 0 Å². The van der Waals surface area contributed by atoms with Gasteiger partial charge < -0.3 is 19.5 Å². The first-order valence-corrected chi connectivity index (χ1v) is 12.1. The maximum atomic E-state index is 12.1. The van der Waals surface area contributed by atoms with Crippen LogP contribution in [0.5, 0.6) is 17.2 Å². The molecule has 0 unspecified atom stereocenters. The molecule has 188 valence electrons. The summed E-state index contributed by atoms with van der Waals surface area (Å²) >= 11 is 9.73. The van der Waals surface area contributed by atoms with Crippen molar-refractivity contribution in [1.29, 1.82) is 0 Å². The Kier molecular flexibility index (Phi) is 10.1. The summed E-state index contributed by atoms with van der Waals surface area (Å²) in [5.41, 5.74) is 4.37. The molecule has 0 radical (unpaired) electrons. The van der Waals surface area contributed by atoms with E-state index in [4.69, 9.17) is 25.8 Å². The second-order valence-corrected chi connectivity index (χ2v) is 8.65. The lowest BCUT2D eigenvalue weighted by molar-refractivity contribution is -0.126. The molecule has 0 fully saturated rings. The van der Waals surface area contributed by atoms with E-state index < -0.39 is 18.2 Å². The highest BCUT2D eigenvalue weighted by Gasteiger charge is 2.14. The lowest BCUT2D eigenvalue weighted by Gasteiger charge is -2.15. The summed E-state index contributed by atoms with van der Waals surface area (Å²) in [5, 5.41) is 7.20. The summed E-state index contributed by atoms with van der Waals surface area (Å²) in [6.45, 7) is 2.55. The summed E-state index contributed by atoms with van der Waals surface area (Å²) in [4.78, 5) is 24.2. The molecule has 0 aromatic heterocycles. The van der Waals surface area contributed by atoms with Gasteiger partial charge in [-0.25, -0.2) is 5.43 Å². The number of hydrazone groups is 1. The number of benzene rings is 3. The number of hydrogen-bond acceptors (Lipinski definition) is 6. The number of methoxy groups -OCH3 is 1. The zero-order chi connectivity index (χ0) is 25.9. The van der Waals surface area contributed by atoms with Crippen molar-refractivity contribution in [3.63, 3.8) is 0 Å². The van der Waals surface area contributed by atoms with Crippen LogP contribution in [0.15, 0.2) is 70.2 Å². The van der Waals surface area contributed by atoms with E-state index in [0.717, 1.165) is 5.56 Å². The Morgan fingerprint density at radius 3 is 2.61 bits per heavy atom. The van der Waals surface area contributed by atoms with Crippen LogP contribution in [0.3, 0.4) is 0 Å². The van der Waals surface area contributed by atoms with Crippen LogP contribution < -0.4 is 25.0 Å². The van der Waals surface area contributed by atoms with E-state index in [1.54, 1.807) is 42.5 Å². The molecule has 0 spiro atoms. The van der Waals surface area contributed by atoms with Gasteiger partial charge in [0.05, 0.1) is 24.4 Å². The van der Waals surface area contributed by atoms with Crippen molar-refractivity contribution >= 4 is 51.2 Å². The quantitative estimate of drug-likeness (QED) is 0.177. The monoisotopic (exact) mass is 573 g/mol. The van der Waals surface area contributed by atoms with Crippen LogP contribution in [-0.2, 0) is 16.2 Å². The highest BCUT2D eigenvalue weighted by atomic mass is 79.9. The van der Waals surface area contributed by atoms with E-state index in [2.05, 4.69) is 31.8 Å². The number of ether oxygens (including phenoxy) is 3. The van der Waals surface area contributed by atoms with Gasteiger partial charge in [0.1, 0.15) is 18.8 Å². The number of anilines is 1. The Morgan fingerprint density at radius 1 is 1.06 bits per heavy atom. The molecule has 3 rings (SSSR count). The second-order valence-electron chi connectivity index (χ2n) is 7.39. The zero-order valence-corrected chi connectivity index (χ0v) is 22.1. The van der Waals surface area contributed by atoms with Crippen LogP contribution >= 0.6 is 27.5 Å². The fourth-order valence-corrected chi connectivity index (χ4v) is 3.87. The Labute approximate surface area is 222 Å². The summed E-state index contributed by atoms with van der Waals surface area (Å²) in [6, 6.07) is 17.8. The van der Waals surface area contributed by atoms with Crippen molar-refractivity contribution in [2.24, 2.45) is 5.10 Å². The van der Waals surface area contributed by atoms with Crippen molar-refractivity contribution in [2.45, 2.75) is 20.0 Å². The summed E-state index contributed by atoms with van der Waals surface area (Å²) in [7, 11) is 1.53. The molecule has 0 heterocycles. The fourth-order valence-electron chi connectivity index (χ4n) is 3.10. The molecule has 2 amide bonds. The number of carbonyl (C=O) groups excluding carboxylic acids is 2. The maximum Gasteiger partial charge on any atom is 0.249 e. The van der Waals surface area contributed by atoms with E-state index in [9.17, 15) is 9.59 Å². The third-order valence-electron chi connectivity index (χ3n) is 4.74. The van der Waals surface area contributed by atoms with Crippen LogP contribution in [0.1, 0.15) is 24.5 Å². The minimum atomic E-state index is -0.560. The largest absolute Gasteiger partial charge is 0.497 e. The summed E-state index contributed by atoms with van der Waals surface area (Å²) in [5.74, 6) is 0.587. The van der Waals surface area contributed by atoms with E-state index in [1.165, 1.54) is 13.3 Å². The molecule has 0 atom stereocenters. The van der Waals surface area contributed by atoms with Gasteiger partial charge >= 0.3 is 0 Å². The van der Waals surface area contributed by atoms with Crippen molar-refractivity contribution in [3.05, 3.63) is 81.3 Å². The molecule has 3 aromatic carbocycles. The maximum absolute atomic E-state index is 12.1. The number of amides is 2. The van der Waals surface area contributed by atoms with Crippen LogP contribution in [0.4, 0.5) is 5.69 Å². The van der Waals surface area contributed by atoms with Gasteiger partial charge in [-0.15, -0.1) is 0 Å². The number of carbonyl (C=O) groups is 2. The average Bonchev–Trinajstić information content (AvgIpc) is 2.84. The first-order chi connectivity index (χ1) is 17.4. The van der Waals surface area contributed by atoms with Crippen molar-refractivity contribution in [2.75, 3.05) is 19.0 Å². The Bertz CT molecular complexity index is 1250. The Balaban J connectivity index is 1.59. The third-order valence-corrected chi connectivity index (χ3v) is 5.70. The number of halogens is 2. The van der Waals surface area contributed by atoms with Gasteiger partial charge in [0.15, 0.2) is 11.5 Å². The predicted octanol–water partition coefficient (Wildman–Crippen LogP) is 5.57. The van der Waals surface area contributed by atoms with Gasteiger partial charge in [-0.05, 0) is 58.7 Å². The van der Waals surface area contributed by atoms with Gasteiger partial charge in [-0.2, -0.15) is 5.10 Å². The first-order valence-electron chi connectivity index (χ1n) is 11.0. The third kappa shape index (κ3) is 8.00. The lowest BCUT2D eigenvalue weighted by atomic mass is 10.2. The average molecular weight is 575 g/mol. The summed E-state index contributed by atoms with van der Waals surface area (Å²) in [6.07, 6.45) is 1.06. The molecule has 36 heavy (non-hydrogen) atoms. The topological polar surface area (TPSA) is 98.2 Å². The number of rotatable bonds is 11. The van der Waals surface area contributed by atoms with Gasteiger partial charge in [-0.3, -0.25) is 9.59 Å². The number of nitrogens with one attached hydrogen (secondary N) is 2. The molecule has 0 saturated carbocycles. The Morgan fingerprint density at radius 2 is 1.86 bits per heavy atom. The van der Waals surface area contributed by atoms with Crippen molar-refractivity contribution < 1.29 is 23.8 Å². The molecule has 0 saturated heterocycles. The zero-order valence-electron chi connectivity index (χ0n) is 19.7. The standard InChI is InChI=1S/C26H25BrClN3O5/c1-3-35-23-12-17(11-21(27)26(23)36-16-18-7-4-5-10-22(18)28)15-29-31-25(33)14-24(32)30-19-8-6-9-20(13-19)34-2/h4-13,15H,3,14,16H2,1-2H3,(H,30,32)(H,31,33). The Hall–Kier alpha value is -3.56. The molecule has 2 N–H and O–H groups in total. The predicted molar refractivity (Wildman–Crippen MR) is 143 cm³/mol. The molecule has 0 bridgehead atoms. The van der Waals surface area contributed by atoms with Crippen LogP contribution in [-0.4, -0.2) is 31.7 Å². The lowest BCUT2D eigenvalue weighted by Crippen LogP contribution is -2.24. The highest BCUT2D eigenvalue weighted by molar-refractivity contribution is 9.10. The normalized spacial score (nSPS) is 10.7. The first kappa shape index (κ1) is 27.0. The van der Waals surface area contributed by atoms with Crippen molar-refractivity contribution in [3.8, 4) is 17.2 Å². The van der Waals surface area contributed by atoms with E-state index in [0.29, 0.717) is 44.6 Å². The molecule has 3 aromatic rings. The molecular formula is C26H25BrClN3O5. The number of hydrogen-bond donors (Lipinski definition) is 2. The van der Waals surface area contributed by atoms with Crippen LogP contribution in [0.2, 0.25) is 5.02 Å². The van der Waals surface area contributed by atoms with E-state index >= 15 is 0 Å². The van der Waals surface area contributed by atoms with Gasteiger partial charge in [-0.1, -0.05) is 35.9 Å². The molecule has 0 aliphatic rings. The summed E-state index contributed by atoms with van der Waals surface area (Å²) < 4.78 is 17.5. The highest BCUT2D eigenvalue weighted by Crippen LogP contribution is 2.37. The second kappa shape index (κ2) is 13.5. The minimum Gasteiger partial charge on any atom is -0.497 e. The molecule has 0 aliphatic heterocycles. The smallest absolute Gasteiger partial charge is 0.249 e. The van der Waals surface area contributed by atoms with Gasteiger partial charge in [0.25, 0.3) is 0 Å². The number of nitrogens with zero attached hydrogens (tertiary/aromatic N) is 1. The molecule has 10 heteroatoms. The molecule has 8 nitrogen and oxygen atoms in total. The van der Waals surface area contributed by atoms with Crippen LogP contribution in [0, 0.1) is 0 Å². The molecular weight excluding hydrogens is 550 g/mol. The SMILES string of the molecule is CCOc1cc(C=NNC(=O)CC(=O)Nc2cccc(OC)c2)cc(Br)c1OCc1ccccc1Cl. The van der Waals surface area contributed by atoms with E-state index in [1.807, 2.05) is 25.1 Å². The fraction of sp³-hybridized carbons (Fsp3) is 0.192. The van der Waals surface area contributed by atoms with Gasteiger partial charge in [0, 0.05) is 22.3 Å². The molecule has 0 aliphatic carbocycles.